The fourth-order valence-corrected chi connectivity index (χ4v) is 2.29. The summed E-state index contributed by atoms with van der Waals surface area (Å²) in [6, 6.07) is 13.0. The maximum Gasteiger partial charge on any atom is 0.257 e. The number of amides is 1. The zero-order valence-corrected chi connectivity index (χ0v) is 13.8. The topological polar surface area (TPSA) is 68.5 Å². The Kier molecular flexibility index (Phi) is 4.74. The summed E-state index contributed by atoms with van der Waals surface area (Å²) in [5.41, 5.74) is 0.763. The molecule has 25 heavy (non-hydrogen) atoms. The maximum absolute atomic E-state index is 13.7. The Labute approximate surface area is 143 Å². The molecule has 0 saturated carbocycles. The molecule has 0 spiro atoms. The standard InChI is InChI=1S/C18H16FN3O3/c1-22(18(23)14-5-3-4-6-15(14)19)11-16-20-17(21-25-16)12-7-9-13(24-2)10-8-12/h3-10H,11H2,1-2H3. The van der Waals surface area contributed by atoms with E-state index in [1.165, 1.54) is 23.1 Å². The van der Waals surface area contributed by atoms with E-state index in [1.54, 1.807) is 32.4 Å². The Balaban J connectivity index is 1.72. The third-order valence-electron chi connectivity index (χ3n) is 3.64. The minimum Gasteiger partial charge on any atom is -0.497 e. The first-order chi connectivity index (χ1) is 12.1. The van der Waals surface area contributed by atoms with Crippen LogP contribution in [0.1, 0.15) is 16.2 Å². The van der Waals surface area contributed by atoms with Crippen molar-refractivity contribution in [2.75, 3.05) is 14.2 Å². The maximum atomic E-state index is 13.7. The van der Waals surface area contributed by atoms with E-state index in [0.717, 1.165) is 11.3 Å². The van der Waals surface area contributed by atoms with Crippen molar-refractivity contribution in [1.82, 2.24) is 15.0 Å². The highest BCUT2D eigenvalue weighted by Crippen LogP contribution is 2.20. The molecule has 3 rings (SSSR count). The van der Waals surface area contributed by atoms with Crippen LogP contribution >= 0.6 is 0 Å². The number of ether oxygens (including phenoxy) is 1. The lowest BCUT2D eigenvalue weighted by Crippen LogP contribution is -2.27. The van der Waals surface area contributed by atoms with Gasteiger partial charge in [-0.2, -0.15) is 4.98 Å². The van der Waals surface area contributed by atoms with Crippen LogP contribution in [0.4, 0.5) is 4.39 Å². The summed E-state index contributed by atoms with van der Waals surface area (Å²) in [4.78, 5) is 17.9. The number of carbonyl (C=O) groups excluding carboxylic acids is 1. The van der Waals surface area contributed by atoms with E-state index in [2.05, 4.69) is 10.1 Å². The van der Waals surface area contributed by atoms with Crippen LogP contribution in [0.3, 0.4) is 0 Å². The van der Waals surface area contributed by atoms with Crippen molar-refractivity contribution in [3.8, 4) is 17.1 Å². The summed E-state index contributed by atoms with van der Waals surface area (Å²) >= 11 is 0. The van der Waals surface area contributed by atoms with E-state index in [4.69, 9.17) is 9.26 Å². The number of carbonyl (C=O) groups is 1. The van der Waals surface area contributed by atoms with Gasteiger partial charge in [-0.3, -0.25) is 4.79 Å². The second-order valence-electron chi connectivity index (χ2n) is 5.38. The Morgan fingerprint density at radius 2 is 1.92 bits per heavy atom. The van der Waals surface area contributed by atoms with Crippen LogP contribution in [0.15, 0.2) is 53.1 Å². The summed E-state index contributed by atoms with van der Waals surface area (Å²) in [6.45, 7) is 0.0797. The summed E-state index contributed by atoms with van der Waals surface area (Å²) in [5, 5.41) is 3.91. The molecular weight excluding hydrogens is 325 g/mol. The fourth-order valence-electron chi connectivity index (χ4n) is 2.29. The zero-order chi connectivity index (χ0) is 17.8. The molecule has 128 valence electrons. The van der Waals surface area contributed by atoms with Crippen molar-refractivity contribution in [2.24, 2.45) is 0 Å². The lowest BCUT2D eigenvalue weighted by Gasteiger charge is -2.14. The number of nitrogens with zero attached hydrogens (tertiary/aromatic N) is 3. The van der Waals surface area contributed by atoms with Crippen LogP contribution in [-0.2, 0) is 6.54 Å². The molecular formula is C18H16FN3O3. The Morgan fingerprint density at radius 3 is 2.60 bits per heavy atom. The molecule has 3 aromatic rings. The van der Waals surface area contributed by atoms with Gasteiger partial charge in [0.2, 0.25) is 11.7 Å². The monoisotopic (exact) mass is 341 g/mol. The van der Waals surface area contributed by atoms with Crippen molar-refractivity contribution in [3.05, 3.63) is 65.8 Å². The molecule has 0 aliphatic rings. The van der Waals surface area contributed by atoms with E-state index >= 15 is 0 Å². The van der Waals surface area contributed by atoms with Crippen molar-refractivity contribution >= 4 is 5.91 Å². The van der Waals surface area contributed by atoms with Gasteiger partial charge in [-0.25, -0.2) is 4.39 Å². The first-order valence-corrected chi connectivity index (χ1v) is 7.55. The van der Waals surface area contributed by atoms with Gasteiger partial charge in [-0.15, -0.1) is 0 Å². The molecule has 0 saturated heterocycles. The molecule has 2 aromatic carbocycles. The molecule has 0 aliphatic heterocycles. The molecule has 0 atom stereocenters. The van der Waals surface area contributed by atoms with Gasteiger partial charge < -0.3 is 14.2 Å². The van der Waals surface area contributed by atoms with Gasteiger partial charge in [0, 0.05) is 12.6 Å². The van der Waals surface area contributed by atoms with E-state index < -0.39 is 11.7 Å². The molecule has 7 heteroatoms. The molecule has 6 nitrogen and oxygen atoms in total. The Hall–Kier alpha value is -3.22. The molecule has 1 aromatic heterocycles. The SMILES string of the molecule is COc1ccc(-c2noc(CN(C)C(=O)c3ccccc3F)n2)cc1. The fraction of sp³-hybridized carbons (Fsp3) is 0.167. The largest absolute Gasteiger partial charge is 0.497 e. The van der Waals surface area contributed by atoms with Crippen LogP contribution < -0.4 is 4.74 Å². The summed E-state index contributed by atoms with van der Waals surface area (Å²) in [7, 11) is 3.13. The van der Waals surface area contributed by atoms with Gasteiger partial charge in [0.1, 0.15) is 11.6 Å². The predicted octanol–water partition coefficient (Wildman–Crippen LogP) is 3.16. The van der Waals surface area contributed by atoms with Crippen molar-refractivity contribution in [3.63, 3.8) is 0 Å². The molecule has 1 heterocycles. The van der Waals surface area contributed by atoms with E-state index in [9.17, 15) is 9.18 Å². The summed E-state index contributed by atoms with van der Waals surface area (Å²) in [5.74, 6) is 0.371. The highest BCUT2D eigenvalue weighted by molar-refractivity contribution is 5.94. The number of benzene rings is 2. The highest BCUT2D eigenvalue weighted by Gasteiger charge is 2.18. The number of rotatable bonds is 5. The molecule has 0 fully saturated rings. The van der Waals surface area contributed by atoms with Gasteiger partial charge >= 0.3 is 0 Å². The van der Waals surface area contributed by atoms with E-state index in [0.29, 0.717) is 5.82 Å². The highest BCUT2D eigenvalue weighted by atomic mass is 19.1. The predicted molar refractivity (Wildman–Crippen MR) is 88.5 cm³/mol. The van der Waals surface area contributed by atoms with E-state index in [1.807, 2.05) is 12.1 Å². The Morgan fingerprint density at radius 1 is 1.20 bits per heavy atom. The van der Waals surface area contributed by atoms with E-state index in [-0.39, 0.29) is 18.0 Å². The zero-order valence-electron chi connectivity index (χ0n) is 13.8. The van der Waals surface area contributed by atoms with Gasteiger partial charge in [0.25, 0.3) is 5.91 Å². The summed E-state index contributed by atoms with van der Waals surface area (Å²) < 4.78 is 24.0. The van der Waals surface area contributed by atoms with Gasteiger partial charge in [0.05, 0.1) is 19.2 Å². The summed E-state index contributed by atoms with van der Waals surface area (Å²) in [6.07, 6.45) is 0. The van der Waals surface area contributed by atoms with Crippen LogP contribution in [-0.4, -0.2) is 35.1 Å². The molecule has 0 unspecified atom stereocenters. The number of methoxy groups -OCH3 is 1. The van der Waals surface area contributed by atoms with Crippen LogP contribution in [0.25, 0.3) is 11.4 Å². The first-order valence-electron chi connectivity index (χ1n) is 7.55. The number of aromatic nitrogens is 2. The van der Waals surface area contributed by atoms with Gasteiger partial charge in [-0.1, -0.05) is 17.3 Å². The number of hydrogen-bond acceptors (Lipinski definition) is 5. The third kappa shape index (κ3) is 3.65. The Bertz CT molecular complexity index is 877. The first kappa shape index (κ1) is 16.6. The average molecular weight is 341 g/mol. The van der Waals surface area contributed by atoms with Gasteiger partial charge in [-0.05, 0) is 36.4 Å². The third-order valence-corrected chi connectivity index (χ3v) is 3.64. The minimum atomic E-state index is -0.566. The van der Waals surface area contributed by atoms with Crippen LogP contribution in [0.2, 0.25) is 0 Å². The molecule has 0 bridgehead atoms. The van der Waals surface area contributed by atoms with Crippen LogP contribution in [0, 0.1) is 5.82 Å². The normalized spacial score (nSPS) is 10.5. The second-order valence-corrected chi connectivity index (χ2v) is 5.38. The molecule has 0 radical (unpaired) electrons. The van der Waals surface area contributed by atoms with Crippen LogP contribution in [0.5, 0.6) is 5.75 Å². The van der Waals surface area contributed by atoms with Crippen molar-refractivity contribution < 1.29 is 18.4 Å². The minimum absolute atomic E-state index is 0.0000989. The molecule has 1 amide bonds. The molecule has 0 N–H and O–H groups in total. The lowest BCUT2D eigenvalue weighted by atomic mass is 10.2. The quantitative estimate of drug-likeness (QED) is 0.713. The number of halogens is 1. The van der Waals surface area contributed by atoms with Gasteiger partial charge in [0.15, 0.2) is 0 Å². The lowest BCUT2D eigenvalue weighted by molar-refractivity contribution is 0.0765. The molecule has 0 aliphatic carbocycles. The second kappa shape index (κ2) is 7.12. The average Bonchev–Trinajstić information content (AvgIpc) is 3.10. The number of hydrogen-bond donors (Lipinski definition) is 0. The van der Waals surface area contributed by atoms with Crippen molar-refractivity contribution in [2.45, 2.75) is 6.54 Å². The van der Waals surface area contributed by atoms with Crippen molar-refractivity contribution in [1.29, 1.82) is 0 Å². The smallest absolute Gasteiger partial charge is 0.257 e.